The Bertz CT molecular complexity index is 1240. The predicted octanol–water partition coefficient (Wildman–Crippen LogP) is 4.94. The number of fused-ring (bicyclic) bond motifs is 2. The number of allylic oxidation sites excluding steroid dienone is 2. The number of para-hydroxylation sites is 1. The average Bonchev–Trinajstić information content (AvgIpc) is 3.08. The van der Waals surface area contributed by atoms with Crippen LogP contribution < -0.4 is 10.9 Å². The molecule has 2 aliphatic rings. The van der Waals surface area contributed by atoms with E-state index in [-0.39, 0.29) is 28.6 Å². The number of hydrogen-bond donors (Lipinski definition) is 2. The Morgan fingerprint density at radius 3 is 2.39 bits per heavy atom. The third-order valence-corrected chi connectivity index (χ3v) is 6.93. The van der Waals surface area contributed by atoms with Crippen LogP contribution in [-0.4, -0.2) is 21.8 Å². The van der Waals surface area contributed by atoms with E-state index in [1.54, 1.807) is 16.4 Å². The normalized spacial score (nSPS) is 21.6. The van der Waals surface area contributed by atoms with E-state index < -0.39 is 0 Å². The third kappa shape index (κ3) is 3.35. The smallest absolute Gasteiger partial charge is 0.277 e. The summed E-state index contributed by atoms with van der Waals surface area (Å²) in [5.41, 5.74) is 2.92. The summed E-state index contributed by atoms with van der Waals surface area (Å²) in [6, 6.07) is 17.7. The highest BCUT2D eigenvalue weighted by Crippen LogP contribution is 2.48. The molecule has 2 atom stereocenters. The third-order valence-electron chi connectivity index (χ3n) is 6.19. The predicted molar refractivity (Wildman–Crippen MR) is 125 cm³/mol. The molecule has 0 saturated heterocycles. The summed E-state index contributed by atoms with van der Waals surface area (Å²) in [5.74, 6) is 0.136. The molecule has 0 radical (unpaired) electrons. The summed E-state index contributed by atoms with van der Waals surface area (Å²) < 4.78 is 1.56. The molecule has 2 aromatic carbocycles. The summed E-state index contributed by atoms with van der Waals surface area (Å²) in [7, 11) is 0. The van der Waals surface area contributed by atoms with E-state index in [1.165, 1.54) is 0 Å². The zero-order valence-electron chi connectivity index (χ0n) is 17.8. The number of rotatable bonds is 3. The van der Waals surface area contributed by atoms with Crippen LogP contribution in [-0.2, 0) is 4.79 Å². The fourth-order valence-electron chi connectivity index (χ4n) is 4.85. The minimum absolute atomic E-state index is 0.121. The Labute approximate surface area is 185 Å². The summed E-state index contributed by atoms with van der Waals surface area (Å²) in [6.45, 7) is 4.15. The lowest BCUT2D eigenvalue weighted by Gasteiger charge is -2.39. The van der Waals surface area contributed by atoms with E-state index in [9.17, 15) is 9.59 Å². The van der Waals surface area contributed by atoms with Gasteiger partial charge in [-0.05, 0) is 41.5 Å². The van der Waals surface area contributed by atoms with E-state index >= 15 is 0 Å². The second kappa shape index (κ2) is 7.31. The zero-order chi connectivity index (χ0) is 21.8. The molecule has 0 fully saturated rings. The van der Waals surface area contributed by atoms with Crippen LogP contribution in [0.5, 0.6) is 0 Å². The van der Waals surface area contributed by atoms with Gasteiger partial charge >= 0.3 is 0 Å². The van der Waals surface area contributed by atoms with Gasteiger partial charge in [0.25, 0.3) is 5.56 Å². The maximum absolute atomic E-state index is 13.6. The lowest BCUT2D eigenvalue weighted by atomic mass is 9.67. The van der Waals surface area contributed by atoms with Crippen LogP contribution in [0.15, 0.2) is 76.1 Å². The van der Waals surface area contributed by atoms with Crippen molar-refractivity contribution in [2.24, 2.45) is 11.3 Å². The molecule has 0 unspecified atom stereocenters. The molecular weight excluding hydrogens is 406 g/mol. The number of hydrogen-bond acceptors (Lipinski definition) is 4. The van der Waals surface area contributed by atoms with Crippen molar-refractivity contribution in [1.29, 1.82) is 0 Å². The monoisotopic (exact) mass is 431 g/mol. The lowest BCUT2D eigenvalue weighted by Crippen LogP contribution is -2.40. The molecule has 1 aliphatic heterocycles. The molecule has 5 nitrogen and oxygen atoms in total. The van der Waals surface area contributed by atoms with Gasteiger partial charge < -0.3 is 5.32 Å². The standard InChI is InChI=1S/C25H25N3O2S/c1-25(2)13-18-21(19(29)14-25)20(15-9-11-17(31-3)12-10-15)22-23(26-18)27-28(24(22)30)16-7-5-4-6-8-16/h4-13,20-21,26-27H,14H2,1-3H3/t20-,21-/m1/s1. The Morgan fingerprint density at radius 1 is 1.00 bits per heavy atom. The summed E-state index contributed by atoms with van der Waals surface area (Å²) in [4.78, 5) is 28.1. The first kappa shape index (κ1) is 19.9. The number of aromatic amines is 1. The number of carbonyl (C=O) groups is 1. The fourth-order valence-corrected chi connectivity index (χ4v) is 5.26. The van der Waals surface area contributed by atoms with Gasteiger partial charge in [0.15, 0.2) is 0 Å². The van der Waals surface area contributed by atoms with Gasteiger partial charge in [-0.1, -0.05) is 50.3 Å². The van der Waals surface area contributed by atoms with Crippen LogP contribution in [0, 0.1) is 11.3 Å². The van der Waals surface area contributed by atoms with Crippen LogP contribution in [0.1, 0.15) is 37.3 Å². The van der Waals surface area contributed by atoms with Gasteiger partial charge in [0.1, 0.15) is 11.6 Å². The number of carbonyl (C=O) groups excluding carboxylic acids is 1. The molecule has 31 heavy (non-hydrogen) atoms. The van der Waals surface area contributed by atoms with Crippen LogP contribution in [0.3, 0.4) is 0 Å². The van der Waals surface area contributed by atoms with Crippen molar-refractivity contribution in [3.05, 3.63) is 87.9 Å². The number of H-pyrrole nitrogens is 1. The van der Waals surface area contributed by atoms with Crippen molar-refractivity contribution in [2.75, 3.05) is 11.6 Å². The van der Waals surface area contributed by atoms with Gasteiger partial charge in [-0.15, -0.1) is 11.8 Å². The molecule has 3 aromatic rings. The quantitative estimate of drug-likeness (QED) is 0.576. The summed E-state index contributed by atoms with van der Waals surface area (Å²) >= 11 is 1.67. The molecule has 2 N–H and O–H groups in total. The second-order valence-electron chi connectivity index (χ2n) is 8.96. The van der Waals surface area contributed by atoms with Gasteiger partial charge in [-0.2, -0.15) is 0 Å². The number of nitrogens with one attached hydrogen (secondary N) is 2. The van der Waals surface area contributed by atoms with E-state index in [4.69, 9.17) is 0 Å². The number of benzene rings is 2. The molecule has 0 spiro atoms. The topological polar surface area (TPSA) is 66.9 Å². The van der Waals surface area contributed by atoms with E-state index in [2.05, 4.69) is 54.6 Å². The molecule has 1 aromatic heterocycles. The highest BCUT2D eigenvalue weighted by atomic mass is 32.2. The van der Waals surface area contributed by atoms with Gasteiger partial charge in [0.2, 0.25) is 0 Å². The second-order valence-corrected chi connectivity index (χ2v) is 9.84. The van der Waals surface area contributed by atoms with Crippen molar-refractivity contribution < 1.29 is 4.79 Å². The first-order chi connectivity index (χ1) is 14.9. The largest absolute Gasteiger partial charge is 0.343 e. The number of thioether (sulfide) groups is 1. The Kier molecular flexibility index (Phi) is 4.70. The van der Waals surface area contributed by atoms with Gasteiger partial charge in [0.05, 0.1) is 17.2 Å². The van der Waals surface area contributed by atoms with Crippen molar-refractivity contribution in [3.63, 3.8) is 0 Å². The van der Waals surface area contributed by atoms with Crippen molar-refractivity contribution in [3.8, 4) is 5.69 Å². The summed E-state index contributed by atoms with van der Waals surface area (Å²) in [5, 5.41) is 6.65. The van der Waals surface area contributed by atoms with Gasteiger partial charge in [-0.3, -0.25) is 14.7 Å². The van der Waals surface area contributed by atoms with E-state index in [1.807, 2.05) is 36.6 Å². The highest BCUT2D eigenvalue weighted by Gasteiger charge is 2.46. The molecule has 0 bridgehead atoms. The number of ketones is 1. The van der Waals surface area contributed by atoms with Gasteiger partial charge in [0, 0.05) is 22.9 Å². The fraction of sp³-hybridized carbons (Fsp3) is 0.280. The van der Waals surface area contributed by atoms with E-state index in [0.29, 0.717) is 17.8 Å². The average molecular weight is 432 g/mol. The SMILES string of the molecule is CSc1ccc([C@H]2c3c([nH]n(-c4ccccc4)c3=O)NC3=CC(C)(C)CC(=O)[C@@H]32)cc1. The van der Waals surface area contributed by atoms with Crippen molar-refractivity contribution >= 4 is 23.4 Å². The highest BCUT2D eigenvalue weighted by molar-refractivity contribution is 7.98. The minimum atomic E-state index is -0.381. The van der Waals surface area contributed by atoms with Crippen LogP contribution in [0.2, 0.25) is 0 Å². The first-order valence-electron chi connectivity index (χ1n) is 10.4. The number of aromatic nitrogens is 2. The number of nitrogens with zero attached hydrogens (tertiary/aromatic N) is 1. The van der Waals surface area contributed by atoms with Crippen LogP contribution in [0.25, 0.3) is 5.69 Å². The minimum Gasteiger partial charge on any atom is -0.343 e. The van der Waals surface area contributed by atoms with Crippen LogP contribution in [0.4, 0.5) is 5.82 Å². The molecule has 158 valence electrons. The van der Waals surface area contributed by atoms with E-state index in [0.717, 1.165) is 21.8 Å². The maximum Gasteiger partial charge on any atom is 0.277 e. The zero-order valence-corrected chi connectivity index (χ0v) is 18.6. The molecular formula is C25H25N3O2S. The lowest BCUT2D eigenvalue weighted by molar-refractivity contribution is -0.124. The summed E-state index contributed by atoms with van der Waals surface area (Å²) in [6.07, 6.45) is 4.66. The Balaban J connectivity index is 1.74. The maximum atomic E-state index is 13.6. The molecule has 0 saturated carbocycles. The van der Waals surface area contributed by atoms with Gasteiger partial charge in [-0.25, -0.2) is 4.68 Å². The molecule has 0 amide bonds. The molecule has 1 aliphatic carbocycles. The number of anilines is 1. The molecule has 2 heterocycles. The Morgan fingerprint density at radius 2 is 1.71 bits per heavy atom. The first-order valence-corrected chi connectivity index (χ1v) is 11.7. The Hall–Kier alpha value is -2.99. The van der Waals surface area contributed by atoms with Crippen molar-refractivity contribution in [2.45, 2.75) is 31.1 Å². The van der Waals surface area contributed by atoms with Crippen molar-refractivity contribution in [1.82, 2.24) is 9.78 Å². The van der Waals surface area contributed by atoms with Crippen LogP contribution >= 0.6 is 11.8 Å². The molecule has 6 heteroatoms. The molecule has 5 rings (SSSR count). The number of Topliss-reactive ketones (excluding diaryl/α,β-unsaturated/α-hetero) is 1.